The first-order valence-corrected chi connectivity index (χ1v) is 9.14. The van der Waals surface area contributed by atoms with Crippen molar-refractivity contribution in [2.45, 2.75) is 19.8 Å². The van der Waals surface area contributed by atoms with Crippen LogP contribution in [0.3, 0.4) is 0 Å². The van der Waals surface area contributed by atoms with Crippen LogP contribution < -0.4 is 5.32 Å². The summed E-state index contributed by atoms with van der Waals surface area (Å²) >= 11 is 0. The number of nitrogens with zero attached hydrogens (tertiary/aromatic N) is 3. The smallest absolute Gasteiger partial charge is 0.336 e. The molecule has 0 bridgehead atoms. The van der Waals surface area contributed by atoms with E-state index in [0.717, 1.165) is 5.56 Å². The number of nitrogens with one attached hydrogen (secondary N) is 1. The summed E-state index contributed by atoms with van der Waals surface area (Å²) in [4.78, 5) is 28.1. The van der Waals surface area contributed by atoms with Crippen molar-refractivity contribution in [3.63, 3.8) is 0 Å². The summed E-state index contributed by atoms with van der Waals surface area (Å²) in [6.07, 6.45) is 0. The number of hydrogen-bond acceptors (Lipinski definition) is 7. The predicted octanol–water partition coefficient (Wildman–Crippen LogP) is 2.96. The van der Waals surface area contributed by atoms with Crippen molar-refractivity contribution in [2.75, 3.05) is 33.5 Å². The monoisotopic (exact) mass is 400 g/mol. The summed E-state index contributed by atoms with van der Waals surface area (Å²) in [6.45, 7) is 4.06. The normalized spacial score (nSPS) is 16.0. The van der Waals surface area contributed by atoms with E-state index in [1.165, 1.54) is 7.11 Å². The van der Waals surface area contributed by atoms with Crippen molar-refractivity contribution in [2.24, 2.45) is 5.11 Å². The van der Waals surface area contributed by atoms with Crippen LogP contribution in [0.15, 0.2) is 58.0 Å². The number of carbonyl (C=O) groups is 2. The Balaban J connectivity index is 2.52. The highest BCUT2D eigenvalue weighted by atomic mass is 16.5. The Hall–Kier alpha value is -3.29. The summed E-state index contributed by atoms with van der Waals surface area (Å²) in [5.74, 6) is -1.75. The second kappa shape index (κ2) is 10.9. The van der Waals surface area contributed by atoms with Crippen molar-refractivity contribution in [1.82, 2.24) is 5.32 Å². The first kappa shape index (κ1) is 22.0. The zero-order valence-electron chi connectivity index (χ0n) is 16.7. The predicted molar refractivity (Wildman–Crippen MR) is 106 cm³/mol. The average molecular weight is 400 g/mol. The maximum atomic E-state index is 12.9. The molecular weight excluding hydrogens is 376 g/mol. The van der Waals surface area contributed by atoms with E-state index < -0.39 is 17.9 Å². The summed E-state index contributed by atoms with van der Waals surface area (Å²) in [5, 5.41) is 6.51. The fraction of sp³-hybridized carbons (Fsp3) is 0.400. The standard InChI is InChI=1S/C20H24N4O5/c1-4-29-20(26)18-15(12-28-11-10-22-24-21)23-13(2)16(19(25)27-3)17(18)14-8-6-5-7-9-14/h5-9,17,23H,4,10-12H2,1-3H3. The molecule has 2 rings (SSSR count). The topological polar surface area (TPSA) is 123 Å². The lowest BCUT2D eigenvalue weighted by molar-refractivity contribution is -0.139. The van der Waals surface area contributed by atoms with Crippen LogP contribution in [0.5, 0.6) is 0 Å². The largest absolute Gasteiger partial charge is 0.466 e. The van der Waals surface area contributed by atoms with Crippen LogP contribution in [-0.2, 0) is 23.8 Å². The Morgan fingerprint density at radius 3 is 2.55 bits per heavy atom. The van der Waals surface area contributed by atoms with Gasteiger partial charge in [0.2, 0.25) is 0 Å². The van der Waals surface area contributed by atoms with Crippen molar-refractivity contribution < 1.29 is 23.8 Å². The van der Waals surface area contributed by atoms with Crippen LogP contribution in [0.1, 0.15) is 25.3 Å². The molecule has 1 heterocycles. The molecule has 154 valence electrons. The quantitative estimate of drug-likeness (QED) is 0.223. The molecule has 29 heavy (non-hydrogen) atoms. The SMILES string of the molecule is CCOC(=O)C1=C(COCCN=[N+]=[N-])NC(C)=C(C(=O)OC)C1c1ccccc1. The average Bonchev–Trinajstić information content (AvgIpc) is 2.73. The van der Waals surface area contributed by atoms with Gasteiger partial charge in [-0.2, -0.15) is 0 Å². The van der Waals surface area contributed by atoms with Crippen LogP contribution in [0.2, 0.25) is 0 Å². The highest BCUT2D eigenvalue weighted by molar-refractivity contribution is 5.99. The fourth-order valence-electron chi connectivity index (χ4n) is 3.14. The van der Waals surface area contributed by atoms with Crippen LogP contribution in [-0.4, -0.2) is 45.4 Å². The van der Waals surface area contributed by atoms with E-state index in [-0.39, 0.29) is 31.9 Å². The minimum absolute atomic E-state index is 0.0597. The molecule has 9 nitrogen and oxygen atoms in total. The lowest BCUT2D eigenvalue weighted by Gasteiger charge is -2.31. The highest BCUT2D eigenvalue weighted by Crippen LogP contribution is 2.39. The number of esters is 2. The zero-order valence-corrected chi connectivity index (χ0v) is 16.7. The van der Waals surface area contributed by atoms with E-state index in [0.29, 0.717) is 17.0 Å². The first-order valence-electron chi connectivity index (χ1n) is 9.14. The highest BCUT2D eigenvalue weighted by Gasteiger charge is 2.38. The molecule has 1 aromatic rings. The molecule has 1 unspecified atom stereocenters. The summed E-state index contributed by atoms with van der Waals surface area (Å²) in [5.41, 5.74) is 10.8. The van der Waals surface area contributed by atoms with Gasteiger partial charge in [-0.25, -0.2) is 9.59 Å². The van der Waals surface area contributed by atoms with Gasteiger partial charge in [0.1, 0.15) is 0 Å². The van der Waals surface area contributed by atoms with E-state index >= 15 is 0 Å². The van der Waals surface area contributed by atoms with Crippen LogP contribution in [0, 0.1) is 0 Å². The van der Waals surface area contributed by atoms with Crippen LogP contribution >= 0.6 is 0 Å². The molecule has 0 saturated heterocycles. The van der Waals surface area contributed by atoms with Crippen molar-refractivity contribution in [3.8, 4) is 0 Å². The molecule has 0 saturated carbocycles. The van der Waals surface area contributed by atoms with Crippen molar-refractivity contribution in [1.29, 1.82) is 0 Å². The Bertz CT molecular complexity index is 857. The maximum absolute atomic E-state index is 12.9. The molecule has 0 spiro atoms. The van der Waals surface area contributed by atoms with Gasteiger partial charge in [-0.3, -0.25) is 0 Å². The molecule has 9 heteroatoms. The van der Waals surface area contributed by atoms with E-state index in [1.807, 2.05) is 30.3 Å². The number of benzene rings is 1. The number of carbonyl (C=O) groups excluding carboxylic acids is 2. The van der Waals surface area contributed by atoms with E-state index in [1.54, 1.807) is 13.8 Å². The molecule has 0 fully saturated rings. The molecule has 1 aromatic carbocycles. The summed E-state index contributed by atoms with van der Waals surface area (Å²) in [7, 11) is 1.30. The molecule has 0 aromatic heterocycles. The molecular formula is C20H24N4O5. The minimum Gasteiger partial charge on any atom is -0.466 e. The minimum atomic E-state index is -0.667. The lowest BCUT2D eigenvalue weighted by Crippen LogP contribution is -2.34. The van der Waals surface area contributed by atoms with Gasteiger partial charge in [0, 0.05) is 17.2 Å². The van der Waals surface area contributed by atoms with Gasteiger partial charge in [0.15, 0.2) is 0 Å². The number of ether oxygens (including phenoxy) is 3. The van der Waals surface area contributed by atoms with Crippen molar-refractivity contribution in [3.05, 3.63) is 68.9 Å². The Labute approximate surface area is 169 Å². The van der Waals surface area contributed by atoms with Gasteiger partial charge < -0.3 is 19.5 Å². The molecule has 1 aliphatic heterocycles. The second-order valence-electron chi connectivity index (χ2n) is 6.12. The third-order valence-corrected chi connectivity index (χ3v) is 4.32. The second-order valence-corrected chi connectivity index (χ2v) is 6.12. The molecule has 1 N–H and O–H groups in total. The number of hydrogen-bond donors (Lipinski definition) is 1. The zero-order chi connectivity index (χ0) is 21.2. The van der Waals surface area contributed by atoms with Gasteiger partial charge in [-0.1, -0.05) is 35.4 Å². The summed E-state index contributed by atoms with van der Waals surface area (Å²) in [6, 6.07) is 9.20. The van der Waals surface area contributed by atoms with Crippen molar-refractivity contribution >= 4 is 11.9 Å². The van der Waals surface area contributed by atoms with E-state index in [9.17, 15) is 9.59 Å². The Morgan fingerprint density at radius 1 is 1.21 bits per heavy atom. The molecule has 0 radical (unpaired) electrons. The van der Waals surface area contributed by atoms with Crippen LogP contribution in [0.4, 0.5) is 0 Å². The number of rotatable bonds is 9. The Kier molecular flexibility index (Phi) is 8.27. The molecule has 0 amide bonds. The Morgan fingerprint density at radius 2 is 1.93 bits per heavy atom. The van der Waals surface area contributed by atoms with E-state index in [2.05, 4.69) is 15.3 Å². The van der Waals surface area contributed by atoms with Gasteiger partial charge in [-0.15, -0.1) is 0 Å². The van der Waals surface area contributed by atoms with Gasteiger partial charge in [0.25, 0.3) is 0 Å². The fourth-order valence-corrected chi connectivity index (χ4v) is 3.14. The first-order chi connectivity index (χ1) is 14.0. The molecule has 1 atom stereocenters. The number of allylic oxidation sites excluding steroid dienone is 1. The van der Waals surface area contributed by atoms with Crippen LogP contribution in [0.25, 0.3) is 10.4 Å². The van der Waals surface area contributed by atoms with Gasteiger partial charge in [0.05, 0.1) is 49.7 Å². The third kappa shape index (κ3) is 5.37. The van der Waals surface area contributed by atoms with Gasteiger partial charge >= 0.3 is 11.9 Å². The molecule has 0 aliphatic carbocycles. The number of azide groups is 1. The number of methoxy groups -OCH3 is 1. The number of dihydropyridines is 1. The third-order valence-electron chi connectivity index (χ3n) is 4.32. The van der Waals surface area contributed by atoms with Gasteiger partial charge in [-0.05, 0) is 24.9 Å². The lowest BCUT2D eigenvalue weighted by atomic mass is 9.80. The maximum Gasteiger partial charge on any atom is 0.336 e. The molecule has 1 aliphatic rings. The van der Waals surface area contributed by atoms with E-state index in [4.69, 9.17) is 19.7 Å². The summed E-state index contributed by atoms with van der Waals surface area (Å²) < 4.78 is 15.8.